The summed E-state index contributed by atoms with van der Waals surface area (Å²) in [5.74, 6) is -2.65. The maximum absolute atomic E-state index is 15.8. The number of nitrogens with zero attached hydrogens (tertiary/aromatic N) is 2. The van der Waals surface area contributed by atoms with Crippen molar-refractivity contribution >= 4 is 17.6 Å². The van der Waals surface area contributed by atoms with Crippen LogP contribution in [0, 0.1) is 18.6 Å². The van der Waals surface area contributed by atoms with E-state index in [0.29, 0.717) is 22.8 Å². The zero-order valence-electron chi connectivity index (χ0n) is 26.0. The van der Waals surface area contributed by atoms with Crippen LogP contribution < -0.4 is 15.6 Å². The van der Waals surface area contributed by atoms with Gasteiger partial charge in [-0.3, -0.25) is 14.5 Å². The summed E-state index contributed by atoms with van der Waals surface area (Å²) in [5.41, 5.74) is -1.24. The number of aromatic nitrogens is 1. The van der Waals surface area contributed by atoms with Crippen LogP contribution in [0.5, 0.6) is 11.5 Å². The van der Waals surface area contributed by atoms with Gasteiger partial charge in [0.25, 0.3) is 5.56 Å². The Morgan fingerprint density at radius 1 is 1.08 bits per heavy atom. The minimum atomic E-state index is -4.90. The Kier molecular flexibility index (Phi) is 9.53. The molecule has 0 radical (unpaired) electrons. The number of fused-ring (bicyclic) bond motifs is 6. The molecule has 14 heteroatoms. The van der Waals surface area contributed by atoms with Crippen LogP contribution in [-0.2, 0) is 17.4 Å². The Morgan fingerprint density at radius 2 is 1.84 bits per heavy atom. The molecule has 0 amide bonds. The van der Waals surface area contributed by atoms with E-state index in [2.05, 4.69) is 5.32 Å². The maximum Gasteiger partial charge on any atom is 0.416 e. The van der Waals surface area contributed by atoms with E-state index in [1.165, 1.54) is 24.3 Å². The van der Waals surface area contributed by atoms with Crippen molar-refractivity contribution in [1.29, 1.82) is 0 Å². The van der Waals surface area contributed by atoms with Gasteiger partial charge >= 0.3 is 12.1 Å². The molecule has 3 heterocycles. The molecule has 0 unspecified atom stereocenters. The van der Waals surface area contributed by atoms with Gasteiger partial charge in [0, 0.05) is 61.2 Å². The van der Waals surface area contributed by atoms with Crippen LogP contribution in [0.15, 0.2) is 65.6 Å². The third kappa shape index (κ3) is 7.19. The van der Waals surface area contributed by atoms with E-state index >= 15 is 8.78 Å². The van der Waals surface area contributed by atoms with E-state index in [1.54, 1.807) is 30.0 Å². The quantitative estimate of drug-likeness (QED) is 0.203. The topological polar surface area (TPSA) is 83.8 Å². The van der Waals surface area contributed by atoms with E-state index in [4.69, 9.17) is 16.3 Å². The number of aliphatic carboxylic acids is 1. The number of carboxylic acids is 1. The lowest BCUT2D eigenvalue weighted by atomic mass is 9.94. The number of nitrogens with one attached hydrogen (secondary N) is 1. The molecular weight excluding hydrogens is 676 g/mol. The predicted octanol–water partition coefficient (Wildman–Crippen LogP) is 7.47. The first kappa shape index (κ1) is 34.5. The normalized spacial score (nSPS) is 18.4. The first-order valence-electron chi connectivity index (χ1n) is 15.4. The van der Waals surface area contributed by atoms with Gasteiger partial charge in [-0.15, -0.1) is 0 Å². The van der Waals surface area contributed by atoms with Gasteiger partial charge in [0.2, 0.25) is 0 Å². The van der Waals surface area contributed by atoms with Crippen molar-refractivity contribution in [3.8, 4) is 22.6 Å². The zero-order valence-corrected chi connectivity index (χ0v) is 26.7. The minimum absolute atomic E-state index is 0.0704. The zero-order chi connectivity index (χ0) is 35.2. The third-order valence-electron chi connectivity index (χ3n) is 8.86. The van der Waals surface area contributed by atoms with Gasteiger partial charge in [-0.1, -0.05) is 23.7 Å². The molecular formula is C35H30ClF6N3O4. The van der Waals surface area contributed by atoms with Crippen LogP contribution in [-0.4, -0.2) is 52.9 Å². The number of likely N-dealkylation sites (tertiary alicyclic amines) is 1. The summed E-state index contributed by atoms with van der Waals surface area (Å²) >= 11 is 6.34. The van der Waals surface area contributed by atoms with Crippen molar-refractivity contribution in [3.63, 3.8) is 0 Å². The summed E-state index contributed by atoms with van der Waals surface area (Å²) in [6.07, 6.45) is -5.83. The molecule has 2 atom stereocenters. The highest BCUT2D eigenvalue weighted by atomic mass is 35.5. The van der Waals surface area contributed by atoms with Crippen molar-refractivity contribution in [2.24, 2.45) is 0 Å². The van der Waals surface area contributed by atoms with Crippen LogP contribution in [0.3, 0.4) is 0 Å². The molecule has 258 valence electrons. The molecule has 0 spiro atoms. The fraction of sp³-hybridized carbons (Fsp3) is 0.314. The summed E-state index contributed by atoms with van der Waals surface area (Å²) < 4.78 is 94.5. The molecule has 2 N–H and O–H groups in total. The average Bonchev–Trinajstić information content (AvgIpc) is 3.01. The third-order valence-corrected chi connectivity index (χ3v) is 9.13. The predicted molar refractivity (Wildman–Crippen MR) is 170 cm³/mol. The Balaban J connectivity index is 1.54. The van der Waals surface area contributed by atoms with Crippen LogP contribution in [0.2, 0.25) is 5.02 Å². The average molecular weight is 706 g/mol. The van der Waals surface area contributed by atoms with Gasteiger partial charge in [-0.25, -0.2) is 13.2 Å². The number of carboxylic acid groups (broad SMARTS) is 1. The number of pyridine rings is 1. The van der Waals surface area contributed by atoms with Gasteiger partial charge in [0.05, 0.1) is 23.0 Å². The maximum atomic E-state index is 15.8. The number of halogens is 7. The second-order valence-electron chi connectivity index (χ2n) is 12.2. The molecule has 1 aromatic heterocycles. The highest BCUT2D eigenvalue weighted by Gasteiger charge is 2.36. The number of hydrogen-bond donors (Lipinski definition) is 2. The van der Waals surface area contributed by atoms with E-state index in [-0.39, 0.29) is 59.3 Å². The molecule has 7 nitrogen and oxygen atoms in total. The molecule has 1 fully saturated rings. The first-order valence-corrected chi connectivity index (χ1v) is 15.8. The standard InChI is InChI=1S/C35H30ClF6N3O4/c1-18-3-2-4-30-33(18)20-9-24(34(39)26(36)10-20)28(13-32(47)48)43-14-29(23-11-22(49-30)5-6-27(23)38)45-15-19(7-8-44-16-21(37)17-44)25(12-31(45)46)35(40,41)42/h2-6,9-12,15,21,28-29,43H,7-8,13-14,16-17H2,1H3,(H,47,48)/t28-,29+/m1/s1. The summed E-state index contributed by atoms with van der Waals surface area (Å²) in [4.78, 5) is 27.1. The van der Waals surface area contributed by atoms with E-state index < -0.39 is 66.1 Å². The Bertz CT molecular complexity index is 1980. The van der Waals surface area contributed by atoms with Gasteiger partial charge in [-0.2, -0.15) is 13.2 Å². The lowest BCUT2D eigenvalue weighted by Crippen LogP contribution is -2.49. The first-order chi connectivity index (χ1) is 23.2. The monoisotopic (exact) mass is 705 g/mol. The fourth-order valence-corrected chi connectivity index (χ4v) is 6.64. The van der Waals surface area contributed by atoms with Crippen LogP contribution >= 0.6 is 11.6 Å². The largest absolute Gasteiger partial charge is 0.481 e. The van der Waals surface area contributed by atoms with Gasteiger partial charge in [0.15, 0.2) is 0 Å². The summed E-state index contributed by atoms with van der Waals surface area (Å²) in [7, 11) is 0. The number of ether oxygens (including phenoxy) is 1. The van der Waals surface area contributed by atoms with E-state index in [0.717, 1.165) is 16.8 Å². The summed E-state index contributed by atoms with van der Waals surface area (Å²) in [6, 6.07) is 9.45. The second kappa shape index (κ2) is 13.5. The number of aryl methyl sites for hydroxylation is 1. The Hall–Kier alpha value is -4.33. The highest BCUT2D eigenvalue weighted by Crippen LogP contribution is 2.41. The molecule has 4 aromatic rings. The Morgan fingerprint density at radius 3 is 2.53 bits per heavy atom. The molecule has 2 aliphatic rings. The summed E-state index contributed by atoms with van der Waals surface area (Å²) in [6.45, 7) is 1.58. The Labute approximate surface area is 281 Å². The van der Waals surface area contributed by atoms with Gasteiger partial charge in [-0.05, 0) is 66.4 Å². The van der Waals surface area contributed by atoms with Crippen LogP contribution in [0.25, 0.3) is 11.1 Å². The van der Waals surface area contributed by atoms with Crippen molar-refractivity contribution in [1.82, 2.24) is 14.8 Å². The molecule has 49 heavy (non-hydrogen) atoms. The van der Waals surface area contributed by atoms with Crippen molar-refractivity contribution < 1.29 is 41.0 Å². The lowest BCUT2D eigenvalue weighted by Gasteiger charge is -2.34. The number of rotatable bonds is 6. The smallest absolute Gasteiger partial charge is 0.416 e. The molecule has 3 aromatic carbocycles. The lowest BCUT2D eigenvalue weighted by molar-refractivity contribution is -0.139. The minimum Gasteiger partial charge on any atom is -0.481 e. The summed E-state index contributed by atoms with van der Waals surface area (Å²) in [5, 5.41) is 12.4. The molecule has 2 aliphatic heterocycles. The van der Waals surface area contributed by atoms with Gasteiger partial charge in [0.1, 0.15) is 29.3 Å². The van der Waals surface area contributed by atoms with E-state index in [1.807, 2.05) is 0 Å². The SMILES string of the molecule is Cc1cccc2c1-c1cc(Cl)c(F)c(c1)[C@@H](CC(=O)O)NC[C@H](n1cc(CCN3CC(F)C3)c(C(F)(F)F)cc1=O)c1cc(ccc1F)O2. The van der Waals surface area contributed by atoms with Crippen molar-refractivity contribution in [2.45, 2.75) is 44.2 Å². The number of hydrogen-bond acceptors (Lipinski definition) is 5. The number of carbonyl (C=O) groups is 1. The molecule has 1 saturated heterocycles. The van der Waals surface area contributed by atoms with Crippen molar-refractivity contribution in [3.05, 3.63) is 116 Å². The highest BCUT2D eigenvalue weighted by molar-refractivity contribution is 6.31. The molecule has 4 bridgehead atoms. The fourth-order valence-electron chi connectivity index (χ4n) is 6.42. The van der Waals surface area contributed by atoms with Gasteiger partial charge < -0.3 is 19.7 Å². The number of alkyl halides is 4. The van der Waals surface area contributed by atoms with Crippen LogP contribution in [0.1, 0.15) is 46.3 Å². The van der Waals surface area contributed by atoms with E-state index in [9.17, 15) is 32.3 Å². The second-order valence-corrected chi connectivity index (χ2v) is 12.6. The molecule has 0 aliphatic carbocycles. The van der Waals surface area contributed by atoms with Crippen molar-refractivity contribution in [2.75, 3.05) is 26.2 Å². The van der Waals surface area contributed by atoms with Crippen LogP contribution in [0.4, 0.5) is 26.3 Å². The number of benzene rings is 3. The molecule has 0 saturated carbocycles. The molecule has 6 rings (SSSR count).